The molecule has 0 heterocycles. The predicted octanol–water partition coefficient (Wildman–Crippen LogP) is 2.36. The molecule has 0 saturated heterocycles. The van der Waals surface area contributed by atoms with Gasteiger partial charge < -0.3 is 5.32 Å². The number of hydrogen-bond acceptors (Lipinski definition) is 2. The van der Waals surface area contributed by atoms with E-state index in [1.807, 2.05) is 0 Å². The quantitative estimate of drug-likeness (QED) is 0.848. The van der Waals surface area contributed by atoms with Gasteiger partial charge in [-0.1, -0.05) is 0 Å². The Kier molecular flexibility index (Phi) is 2.88. The lowest BCUT2D eigenvalue weighted by Crippen LogP contribution is -2.23. The van der Waals surface area contributed by atoms with Gasteiger partial charge in [0, 0.05) is 18.7 Å². The summed E-state index contributed by atoms with van der Waals surface area (Å²) < 4.78 is 26.1. The first-order chi connectivity index (χ1) is 7.65. The normalized spacial score (nSPS) is 16.8. The van der Waals surface area contributed by atoms with E-state index in [9.17, 15) is 8.78 Å². The summed E-state index contributed by atoms with van der Waals surface area (Å²) in [5, 5.41) is 11.8. The van der Waals surface area contributed by atoms with Crippen LogP contribution in [0.1, 0.15) is 18.4 Å². The molecule has 1 aromatic rings. The van der Waals surface area contributed by atoms with Crippen LogP contribution in [-0.2, 0) is 6.54 Å². The summed E-state index contributed by atoms with van der Waals surface area (Å²) in [5.41, 5.74) is 0.0396. The summed E-state index contributed by atoms with van der Waals surface area (Å²) in [4.78, 5) is 0. The SMILES string of the molecule is N#CC1(CNCc2cc(F)ccc2F)CC1. The zero-order valence-electron chi connectivity index (χ0n) is 8.76. The summed E-state index contributed by atoms with van der Waals surface area (Å²) in [5.74, 6) is -0.865. The maximum Gasteiger partial charge on any atom is 0.127 e. The number of halogens is 2. The van der Waals surface area contributed by atoms with Crippen LogP contribution >= 0.6 is 0 Å². The van der Waals surface area contributed by atoms with Crippen LogP contribution in [-0.4, -0.2) is 6.54 Å². The Bertz CT molecular complexity index is 433. The van der Waals surface area contributed by atoms with Crippen molar-refractivity contribution < 1.29 is 8.78 Å². The fourth-order valence-corrected chi connectivity index (χ4v) is 1.59. The van der Waals surface area contributed by atoms with Gasteiger partial charge in [0.2, 0.25) is 0 Å². The average Bonchev–Trinajstić information content (AvgIpc) is 3.04. The standard InChI is InChI=1S/C12H12F2N2/c13-10-1-2-11(14)9(5-10)6-16-8-12(7-15)3-4-12/h1-2,5,16H,3-4,6,8H2. The van der Waals surface area contributed by atoms with Crippen molar-refractivity contribution in [3.63, 3.8) is 0 Å². The first kappa shape index (κ1) is 11.0. The minimum absolute atomic E-state index is 0.257. The zero-order valence-corrected chi connectivity index (χ0v) is 8.76. The molecule has 0 atom stereocenters. The fourth-order valence-electron chi connectivity index (χ4n) is 1.59. The van der Waals surface area contributed by atoms with Gasteiger partial charge in [0.1, 0.15) is 11.6 Å². The molecule has 0 aromatic heterocycles. The van der Waals surface area contributed by atoms with Gasteiger partial charge in [-0.05, 0) is 31.0 Å². The smallest absolute Gasteiger partial charge is 0.127 e. The van der Waals surface area contributed by atoms with E-state index in [1.54, 1.807) is 0 Å². The molecule has 84 valence electrons. The van der Waals surface area contributed by atoms with Crippen molar-refractivity contribution >= 4 is 0 Å². The highest BCUT2D eigenvalue weighted by molar-refractivity contribution is 5.19. The van der Waals surface area contributed by atoms with E-state index in [2.05, 4.69) is 11.4 Å². The first-order valence-electron chi connectivity index (χ1n) is 5.21. The van der Waals surface area contributed by atoms with Crippen LogP contribution in [0.4, 0.5) is 8.78 Å². The number of hydrogen-bond donors (Lipinski definition) is 1. The van der Waals surface area contributed by atoms with Gasteiger partial charge in [-0.2, -0.15) is 5.26 Å². The first-order valence-corrected chi connectivity index (χ1v) is 5.21. The van der Waals surface area contributed by atoms with E-state index in [-0.39, 0.29) is 12.0 Å². The third-order valence-corrected chi connectivity index (χ3v) is 2.88. The molecule has 4 heteroatoms. The van der Waals surface area contributed by atoms with E-state index in [0.29, 0.717) is 12.1 Å². The Balaban J connectivity index is 1.90. The van der Waals surface area contributed by atoms with Crippen molar-refractivity contribution in [2.45, 2.75) is 19.4 Å². The highest BCUT2D eigenvalue weighted by Crippen LogP contribution is 2.44. The molecule has 2 nitrogen and oxygen atoms in total. The molecule has 1 aliphatic rings. The van der Waals surface area contributed by atoms with Crippen LogP contribution < -0.4 is 5.32 Å². The molecule has 0 unspecified atom stereocenters. The third-order valence-electron chi connectivity index (χ3n) is 2.88. The minimum Gasteiger partial charge on any atom is -0.311 e. The van der Waals surface area contributed by atoms with Gasteiger partial charge in [-0.15, -0.1) is 0 Å². The molecule has 0 bridgehead atoms. The summed E-state index contributed by atoms with van der Waals surface area (Å²) in [6.07, 6.45) is 1.78. The van der Waals surface area contributed by atoms with Gasteiger partial charge >= 0.3 is 0 Å². The van der Waals surface area contributed by atoms with Crippen molar-refractivity contribution in [2.75, 3.05) is 6.54 Å². The maximum absolute atomic E-state index is 13.2. The van der Waals surface area contributed by atoms with Crippen molar-refractivity contribution in [3.05, 3.63) is 35.4 Å². The van der Waals surface area contributed by atoms with Crippen molar-refractivity contribution in [1.82, 2.24) is 5.32 Å². The number of benzene rings is 1. The summed E-state index contributed by atoms with van der Waals surface area (Å²) in [7, 11) is 0. The maximum atomic E-state index is 13.2. The van der Waals surface area contributed by atoms with E-state index in [1.165, 1.54) is 6.07 Å². The number of nitriles is 1. The highest BCUT2D eigenvalue weighted by atomic mass is 19.1. The lowest BCUT2D eigenvalue weighted by Gasteiger charge is -2.08. The Morgan fingerprint density at radius 1 is 1.38 bits per heavy atom. The van der Waals surface area contributed by atoms with Gasteiger partial charge in [0.15, 0.2) is 0 Å². The number of rotatable bonds is 4. The van der Waals surface area contributed by atoms with Crippen LogP contribution in [0, 0.1) is 28.4 Å². The second-order valence-corrected chi connectivity index (χ2v) is 4.23. The second-order valence-electron chi connectivity index (χ2n) is 4.23. The molecule has 1 aliphatic carbocycles. The second kappa shape index (κ2) is 4.18. The molecule has 1 N–H and O–H groups in total. The highest BCUT2D eigenvalue weighted by Gasteiger charge is 2.42. The monoisotopic (exact) mass is 222 g/mol. The molecule has 2 rings (SSSR count). The van der Waals surface area contributed by atoms with Gasteiger partial charge in [-0.25, -0.2) is 8.78 Å². The van der Waals surface area contributed by atoms with Crippen LogP contribution in [0.25, 0.3) is 0 Å². The largest absolute Gasteiger partial charge is 0.311 e. The predicted molar refractivity (Wildman–Crippen MR) is 55.3 cm³/mol. The third kappa shape index (κ3) is 2.37. The lowest BCUT2D eigenvalue weighted by molar-refractivity contribution is 0.532. The van der Waals surface area contributed by atoms with E-state index >= 15 is 0 Å². The van der Waals surface area contributed by atoms with E-state index in [0.717, 1.165) is 25.0 Å². The van der Waals surface area contributed by atoms with Crippen molar-refractivity contribution in [2.24, 2.45) is 5.41 Å². The molecule has 1 saturated carbocycles. The molecule has 0 aliphatic heterocycles. The summed E-state index contributed by atoms with van der Waals surface area (Å²) >= 11 is 0. The van der Waals surface area contributed by atoms with Gasteiger partial charge in [-0.3, -0.25) is 0 Å². The molecule has 16 heavy (non-hydrogen) atoms. The minimum atomic E-state index is -0.445. The molecule has 0 amide bonds. The number of nitrogens with one attached hydrogen (secondary N) is 1. The zero-order chi connectivity index (χ0) is 11.6. The molecule has 1 aromatic carbocycles. The Morgan fingerprint density at radius 2 is 2.12 bits per heavy atom. The van der Waals surface area contributed by atoms with Crippen LogP contribution in [0.3, 0.4) is 0 Å². The van der Waals surface area contributed by atoms with E-state index < -0.39 is 11.6 Å². The molecule has 0 radical (unpaired) electrons. The van der Waals surface area contributed by atoms with Crippen LogP contribution in [0.15, 0.2) is 18.2 Å². The van der Waals surface area contributed by atoms with Gasteiger partial charge in [0.05, 0.1) is 11.5 Å². The van der Waals surface area contributed by atoms with Crippen LogP contribution in [0.5, 0.6) is 0 Å². The molecular weight excluding hydrogens is 210 g/mol. The summed E-state index contributed by atoms with van der Waals surface area (Å²) in [6, 6.07) is 5.62. The Labute approximate surface area is 92.9 Å². The molecule has 0 spiro atoms. The van der Waals surface area contributed by atoms with Crippen molar-refractivity contribution in [3.8, 4) is 6.07 Å². The Morgan fingerprint density at radius 3 is 2.75 bits per heavy atom. The fraction of sp³-hybridized carbons (Fsp3) is 0.417. The topological polar surface area (TPSA) is 35.8 Å². The average molecular weight is 222 g/mol. The number of nitrogens with zero attached hydrogens (tertiary/aromatic N) is 1. The molecular formula is C12H12F2N2. The van der Waals surface area contributed by atoms with Crippen molar-refractivity contribution in [1.29, 1.82) is 5.26 Å². The van der Waals surface area contributed by atoms with E-state index in [4.69, 9.17) is 5.26 Å². The Hall–Kier alpha value is -1.47. The summed E-state index contributed by atoms with van der Waals surface area (Å²) in [6.45, 7) is 0.798. The van der Waals surface area contributed by atoms with Gasteiger partial charge in [0.25, 0.3) is 0 Å². The lowest BCUT2D eigenvalue weighted by atomic mass is 10.1. The molecule has 1 fully saturated rings. The van der Waals surface area contributed by atoms with Crippen LogP contribution in [0.2, 0.25) is 0 Å².